The molecule has 0 aliphatic heterocycles. The van der Waals surface area contributed by atoms with Gasteiger partial charge in [0.05, 0.1) is 10.1 Å². The van der Waals surface area contributed by atoms with E-state index in [0.29, 0.717) is 19.6 Å². The van der Waals surface area contributed by atoms with Crippen LogP contribution in [-0.4, -0.2) is 27.3 Å². The molecule has 0 amide bonds. The number of thiophene rings is 1. The van der Waals surface area contributed by atoms with Crippen LogP contribution in [-0.2, 0) is 16.6 Å². The highest BCUT2D eigenvalue weighted by molar-refractivity contribution is 7.89. The van der Waals surface area contributed by atoms with Gasteiger partial charge in [0.25, 0.3) is 0 Å². The molecule has 0 spiro atoms. The van der Waals surface area contributed by atoms with Gasteiger partial charge in [-0.3, -0.25) is 0 Å². The average Bonchev–Trinajstić information content (AvgIpc) is 2.59. The van der Waals surface area contributed by atoms with Gasteiger partial charge in [-0.25, -0.2) is 13.1 Å². The number of halogens is 1. The summed E-state index contributed by atoms with van der Waals surface area (Å²) in [5.41, 5.74) is 0. The maximum Gasteiger partial charge on any atom is 0.212 e. The lowest BCUT2D eigenvalue weighted by atomic mass is 10.4. The van der Waals surface area contributed by atoms with Crippen LogP contribution in [0.4, 0.5) is 0 Å². The summed E-state index contributed by atoms with van der Waals surface area (Å²) in [4.78, 5) is 1.10. The maximum atomic E-state index is 11.3. The first-order valence-corrected chi connectivity index (χ1v) is 7.80. The predicted molar refractivity (Wildman–Crippen MR) is 68.5 cm³/mol. The lowest BCUT2D eigenvalue weighted by molar-refractivity contribution is 0.579. The summed E-state index contributed by atoms with van der Waals surface area (Å²) in [6.07, 6.45) is 0. The van der Waals surface area contributed by atoms with Crippen molar-refractivity contribution in [2.24, 2.45) is 0 Å². The fourth-order valence-corrected chi connectivity index (χ4v) is 3.21. The average molecular weight is 283 g/mol. The maximum absolute atomic E-state index is 11.3. The van der Waals surface area contributed by atoms with E-state index < -0.39 is 10.0 Å². The Bertz CT molecular complexity index is 417. The van der Waals surface area contributed by atoms with Gasteiger partial charge in [0.1, 0.15) is 0 Å². The molecule has 0 fully saturated rings. The van der Waals surface area contributed by atoms with Crippen molar-refractivity contribution >= 4 is 33.0 Å². The molecule has 4 nitrogen and oxygen atoms in total. The molecule has 0 aliphatic carbocycles. The summed E-state index contributed by atoms with van der Waals surface area (Å²) in [5.74, 6) is 0.0972. The predicted octanol–water partition coefficient (Wildman–Crippen LogP) is 1.43. The van der Waals surface area contributed by atoms with Crippen LogP contribution in [0.1, 0.15) is 11.8 Å². The Morgan fingerprint density at radius 1 is 1.44 bits per heavy atom. The summed E-state index contributed by atoms with van der Waals surface area (Å²) in [7, 11) is -3.12. The van der Waals surface area contributed by atoms with Crippen LogP contribution in [0.5, 0.6) is 0 Å². The van der Waals surface area contributed by atoms with Gasteiger partial charge in [0.2, 0.25) is 10.0 Å². The largest absolute Gasteiger partial charge is 0.311 e. The van der Waals surface area contributed by atoms with Crippen LogP contribution in [0.2, 0.25) is 4.34 Å². The third-order valence-electron chi connectivity index (χ3n) is 1.84. The van der Waals surface area contributed by atoms with Gasteiger partial charge in [-0.15, -0.1) is 11.3 Å². The quantitative estimate of drug-likeness (QED) is 0.744. The Labute approximate surface area is 105 Å². The molecule has 0 radical (unpaired) electrons. The van der Waals surface area contributed by atoms with Crippen molar-refractivity contribution in [2.75, 3.05) is 18.8 Å². The van der Waals surface area contributed by atoms with Crippen LogP contribution >= 0.6 is 22.9 Å². The molecular weight excluding hydrogens is 268 g/mol. The van der Waals surface area contributed by atoms with Crippen LogP contribution in [0, 0.1) is 0 Å². The van der Waals surface area contributed by atoms with Gasteiger partial charge in [-0.05, 0) is 12.1 Å². The highest BCUT2D eigenvalue weighted by Gasteiger charge is 2.07. The molecule has 2 N–H and O–H groups in total. The molecule has 1 rings (SSSR count). The highest BCUT2D eigenvalue weighted by atomic mass is 35.5. The van der Waals surface area contributed by atoms with E-state index in [-0.39, 0.29) is 5.75 Å². The molecule has 92 valence electrons. The molecule has 0 aliphatic rings. The molecule has 0 aromatic carbocycles. The van der Waals surface area contributed by atoms with Crippen LogP contribution < -0.4 is 10.0 Å². The smallest absolute Gasteiger partial charge is 0.212 e. The molecule has 1 aromatic rings. The molecule has 0 unspecified atom stereocenters. The van der Waals surface area contributed by atoms with Crippen molar-refractivity contribution in [3.05, 3.63) is 21.3 Å². The lowest BCUT2D eigenvalue weighted by Gasteiger charge is -2.05. The molecule has 0 saturated heterocycles. The summed E-state index contributed by atoms with van der Waals surface area (Å²) in [5, 5.41) is 3.06. The second kappa shape index (κ2) is 6.56. The third kappa shape index (κ3) is 5.27. The Morgan fingerprint density at radius 3 is 2.75 bits per heavy atom. The second-order valence-electron chi connectivity index (χ2n) is 3.20. The van der Waals surface area contributed by atoms with E-state index in [4.69, 9.17) is 11.6 Å². The molecule has 7 heteroatoms. The topological polar surface area (TPSA) is 58.2 Å². The SMILES string of the molecule is CCNS(=O)(=O)CCNCc1ccc(Cl)s1. The summed E-state index contributed by atoms with van der Waals surface area (Å²) in [6.45, 7) is 3.28. The molecule has 1 aromatic heterocycles. The lowest BCUT2D eigenvalue weighted by Crippen LogP contribution is -2.31. The fraction of sp³-hybridized carbons (Fsp3) is 0.556. The number of nitrogens with one attached hydrogen (secondary N) is 2. The fourth-order valence-electron chi connectivity index (χ4n) is 1.16. The van der Waals surface area contributed by atoms with Crippen molar-refractivity contribution in [3.8, 4) is 0 Å². The van der Waals surface area contributed by atoms with E-state index in [1.54, 1.807) is 6.92 Å². The summed E-state index contributed by atoms with van der Waals surface area (Å²) < 4.78 is 25.7. The van der Waals surface area contributed by atoms with E-state index >= 15 is 0 Å². The Hall–Kier alpha value is -0.140. The minimum Gasteiger partial charge on any atom is -0.311 e. The standard InChI is InChI=1S/C9H15ClN2O2S2/c1-2-12-16(13,14)6-5-11-7-8-3-4-9(10)15-8/h3-4,11-12H,2,5-7H2,1H3. The Kier molecular flexibility index (Phi) is 5.71. The van der Waals surface area contributed by atoms with Crippen LogP contribution in [0.15, 0.2) is 12.1 Å². The van der Waals surface area contributed by atoms with Gasteiger partial charge < -0.3 is 5.32 Å². The molecule has 0 bridgehead atoms. The zero-order chi connectivity index (χ0) is 12.0. The number of hydrogen-bond donors (Lipinski definition) is 2. The third-order valence-corrected chi connectivity index (χ3v) is 4.54. The van der Waals surface area contributed by atoms with E-state index in [9.17, 15) is 8.42 Å². The molecule has 16 heavy (non-hydrogen) atoms. The van der Waals surface area contributed by atoms with E-state index in [2.05, 4.69) is 10.0 Å². The first kappa shape index (κ1) is 13.9. The molecule has 0 atom stereocenters. The zero-order valence-electron chi connectivity index (χ0n) is 8.99. The van der Waals surface area contributed by atoms with Crippen LogP contribution in [0.3, 0.4) is 0 Å². The monoisotopic (exact) mass is 282 g/mol. The second-order valence-corrected chi connectivity index (χ2v) is 6.93. The van der Waals surface area contributed by atoms with Crippen molar-refractivity contribution in [1.82, 2.24) is 10.0 Å². The molecule has 0 saturated carbocycles. The van der Waals surface area contributed by atoms with E-state index in [0.717, 1.165) is 9.21 Å². The normalized spacial score (nSPS) is 11.9. The highest BCUT2D eigenvalue weighted by Crippen LogP contribution is 2.20. The van der Waals surface area contributed by atoms with Gasteiger partial charge in [-0.1, -0.05) is 18.5 Å². The zero-order valence-corrected chi connectivity index (χ0v) is 11.4. The van der Waals surface area contributed by atoms with Gasteiger partial charge in [-0.2, -0.15) is 0 Å². The first-order valence-electron chi connectivity index (χ1n) is 4.96. The van der Waals surface area contributed by atoms with E-state index in [1.165, 1.54) is 11.3 Å². The molecular formula is C9H15ClN2O2S2. The first-order chi connectivity index (χ1) is 7.53. The number of hydrogen-bond acceptors (Lipinski definition) is 4. The van der Waals surface area contributed by atoms with Gasteiger partial charge >= 0.3 is 0 Å². The number of sulfonamides is 1. The summed E-state index contributed by atoms with van der Waals surface area (Å²) >= 11 is 7.27. The Balaban J connectivity index is 2.22. The van der Waals surface area contributed by atoms with Gasteiger partial charge in [0, 0.05) is 24.5 Å². The van der Waals surface area contributed by atoms with Crippen molar-refractivity contribution in [2.45, 2.75) is 13.5 Å². The Morgan fingerprint density at radius 2 is 2.19 bits per heavy atom. The minimum absolute atomic E-state index is 0.0972. The van der Waals surface area contributed by atoms with Gasteiger partial charge in [0.15, 0.2) is 0 Å². The van der Waals surface area contributed by atoms with Crippen molar-refractivity contribution in [1.29, 1.82) is 0 Å². The molecule has 1 heterocycles. The summed E-state index contributed by atoms with van der Waals surface area (Å²) in [6, 6.07) is 3.76. The minimum atomic E-state index is -3.12. The van der Waals surface area contributed by atoms with E-state index in [1.807, 2.05) is 12.1 Å². The number of rotatable bonds is 7. The van der Waals surface area contributed by atoms with Crippen LogP contribution in [0.25, 0.3) is 0 Å². The van der Waals surface area contributed by atoms with Crippen molar-refractivity contribution in [3.63, 3.8) is 0 Å². The van der Waals surface area contributed by atoms with Crippen molar-refractivity contribution < 1.29 is 8.42 Å².